The van der Waals surface area contributed by atoms with Crippen molar-refractivity contribution in [2.24, 2.45) is 17.8 Å². The Morgan fingerprint density at radius 2 is 2.14 bits per heavy atom. The molecule has 2 aliphatic carbocycles. The highest BCUT2D eigenvalue weighted by Crippen LogP contribution is 2.51. The second-order valence-electron chi connectivity index (χ2n) is 4.94. The van der Waals surface area contributed by atoms with Gasteiger partial charge in [0.1, 0.15) is 0 Å². The first kappa shape index (κ1) is 9.75. The van der Waals surface area contributed by atoms with E-state index in [4.69, 9.17) is 0 Å². The molecule has 0 bridgehead atoms. The van der Waals surface area contributed by atoms with Gasteiger partial charge in [0, 0.05) is 12.5 Å². The fraction of sp³-hybridized carbons (Fsp3) is 0.750. The van der Waals surface area contributed by atoms with Crippen LogP contribution >= 0.6 is 0 Å². The molecular weight excluding hydrogens is 174 g/mol. The van der Waals surface area contributed by atoms with Crippen molar-refractivity contribution in [3.8, 4) is 0 Å². The van der Waals surface area contributed by atoms with Gasteiger partial charge >= 0.3 is 0 Å². The van der Waals surface area contributed by atoms with Crippen molar-refractivity contribution in [2.45, 2.75) is 32.6 Å². The molecule has 0 aliphatic heterocycles. The minimum atomic E-state index is 0.248. The summed E-state index contributed by atoms with van der Waals surface area (Å²) in [7, 11) is 0. The Balaban J connectivity index is 1.76. The number of hydrogen-bond acceptors (Lipinski definition) is 1. The van der Waals surface area contributed by atoms with E-state index < -0.39 is 0 Å². The van der Waals surface area contributed by atoms with Gasteiger partial charge in [-0.3, -0.25) is 4.79 Å². The van der Waals surface area contributed by atoms with Crippen LogP contribution in [0.1, 0.15) is 32.6 Å². The fourth-order valence-corrected chi connectivity index (χ4v) is 2.47. The lowest BCUT2D eigenvalue weighted by Gasteiger charge is -2.20. The zero-order valence-electron chi connectivity index (χ0n) is 8.88. The maximum Gasteiger partial charge on any atom is 0.223 e. The Labute approximate surface area is 85.8 Å². The van der Waals surface area contributed by atoms with Crippen molar-refractivity contribution in [1.82, 2.24) is 5.32 Å². The summed E-state index contributed by atoms with van der Waals surface area (Å²) in [5.74, 6) is 2.39. The normalized spacial score (nSPS) is 34.5. The van der Waals surface area contributed by atoms with Crippen LogP contribution in [0.25, 0.3) is 0 Å². The molecule has 2 heteroatoms. The average molecular weight is 193 g/mol. The number of amides is 1. The van der Waals surface area contributed by atoms with Crippen molar-refractivity contribution in [1.29, 1.82) is 0 Å². The number of fused-ring (bicyclic) bond motifs is 1. The van der Waals surface area contributed by atoms with Gasteiger partial charge in [-0.15, -0.1) is 0 Å². The zero-order chi connectivity index (χ0) is 10.1. The molecule has 1 N–H and O–H groups in total. The molecule has 0 aromatic rings. The molecule has 14 heavy (non-hydrogen) atoms. The molecule has 0 radical (unpaired) electrons. The van der Waals surface area contributed by atoms with Gasteiger partial charge < -0.3 is 5.32 Å². The Hall–Kier alpha value is -0.790. The SMILES string of the molecule is C=C(C)CNC(=O)C1CCC2CC2C1. The van der Waals surface area contributed by atoms with E-state index in [0.29, 0.717) is 6.54 Å². The molecule has 3 unspecified atom stereocenters. The summed E-state index contributed by atoms with van der Waals surface area (Å²) in [6, 6.07) is 0. The van der Waals surface area contributed by atoms with E-state index in [1.807, 2.05) is 6.92 Å². The van der Waals surface area contributed by atoms with Crippen LogP contribution in [0.5, 0.6) is 0 Å². The van der Waals surface area contributed by atoms with Crippen LogP contribution in [-0.4, -0.2) is 12.5 Å². The molecule has 2 aliphatic rings. The number of hydrogen-bond donors (Lipinski definition) is 1. The first-order valence-electron chi connectivity index (χ1n) is 5.59. The summed E-state index contributed by atoms with van der Waals surface area (Å²) in [5.41, 5.74) is 1.03. The first-order valence-corrected chi connectivity index (χ1v) is 5.59. The van der Waals surface area contributed by atoms with E-state index in [1.165, 1.54) is 12.8 Å². The number of carbonyl (C=O) groups is 1. The number of nitrogens with one attached hydrogen (secondary N) is 1. The Bertz CT molecular complexity index is 259. The molecule has 0 aromatic carbocycles. The van der Waals surface area contributed by atoms with Gasteiger partial charge in [0.05, 0.1) is 0 Å². The summed E-state index contributed by atoms with van der Waals surface area (Å²) in [4.78, 5) is 11.7. The van der Waals surface area contributed by atoms with Crippen LogP contribution in [0.15, 0.2) is 12.2 Å². The smallest absolute Gasteiger partial charge is 0.223 e. The molecule has 0 spiro atoms. The molecule has 2 nitrogen and oxygen atoms in total. The second kappa shape index (κ2) is 3.76. The predicted molar refractivity (Wildman–Crippen MR) is 56.8 cm³/mol. The highest BCUT2D eigenvalue weighted by Gasteiger charge is 2.43. The molecule has 2 fully saturated rings. The Morgan fingerprint density at radius 1 is 1.36 bits per heavy atom. The van der Waals surface area contributed by atoms with Gasteiger partial charge in [0.2, 0.25) is 5.91 Å². The number of rotatable bonds is 3. The van der Waals surface area contributed by atoms with Gasteiger partial charge in [-0.2, -0.15) is 0 Å². The van der Waals surface area contributed by atoms with Crippen LogP contribution in [0.3, 0.4) is 0 Å². The third-order valence-corrected chi connectivity index (χ3v) is 3.48. The van der Waals surface area contributed by atoms with E-state index in [1.54, 1.807) is 0 Å². The first-order chi connectivity index (χ1) is 6.66. The second-order valence-corrected chi connectivity index (χ2v) is 4.94. The monoisotopic (exact) mass is 193 g/mol. The molecule has 0 saturated heterocycles. The summed E-state index contributed by atoms with van der Waals surface area (Å²) >= 11 is 0. The van der Waals surface area contributed by atoms with Crippen molar-refractivity contribution in [2.75, 3.05) is 6.54 Å². The van der Waals surface area contributed by atoms with Crippen LogP contribution in [0, 0.1) is 17.8 Å². The minimum absolute atomic E-state index is 0.248. The van der Waals surface area contributed by atoms with Gasteiger partial charge in [-0.25, -0.2) is 0 Å². The molecule has 1 amide bonds. The summed E-state index contributed by atoms with van der Waals surface area (Å²) in [6.45, 7) is 6.37. The maximum atomic E-state index is 11.7. The van der Waals surface area contributed by atoms with Gasteiger partial charge in [-0.05, 0) is 44.4 Å². The van der Waals surface area contributed by atoms with E-state index in [-0.39, 0.29) is 11.8 Å². The molecular formula is C12H19NO. The summed E-state index contributed by atoms with van der Waals surface area (Å²) < 4.78 is 0. The lowest BCUT2D eigenvalue weighted by molar-refractivity contribution is -0.125. The topological polar surface area (TPSA) is 29.1 Å². The van der Waals surface area contributed by atoms with E-state index in [9.17, 15) is 4.79 Å². The van der Waals surface area contributed by atoms with Crippen molar-refractivity contribution in [3.63, 3.8) is 0 Å². The van der Waals surface area contributed by atoms with E-state index >= 15 is 0 Å². The van der Waals surface area contributed by atoms with Crippen LogP contribution in [0.4, 0.5) is 0 Å². The zero-order valence-corrected chi connectivity index (χ0v) is 8.88. The van der Waals surface area contributed by atoms with Crippen LogP contribution in [-0.2, 0) is 4.79 Å². The van der Waals surface area contributed by atoms with Gasteiger partial charge in [0.15, 0.2) is 0 Å². The average Bonchev–Trinajstić information content (AvgIpc) is 2.91. The summed E-state index contributed by atoms with van der Waals surface area (Å²) in [5, 5.41) is 2.95. The molecule has 0 heterocycles. The molecule has 0 aromatic heterocycles. The predicted octanol–water partition coefficient (Wildman–Crippen LogP) is 2.11. The number of carbonyl (C=O) groups excluding carboxylic acids is 1. The maximum absolute atomic E-state index is 11.7. The van der Waals surface area contributed by atoms with Gasteiger partial charge in [0.25, 0.3) is 0 Å². The quantitative estimate of drug-likeness (QED) is 0.683. The molecule has 78 valence electrons. The van der Waals surface area contributed by atoms with Gasteiger partial charge in [-0.1, -0.05) is 12.2 Å². The van der Waals surface area contributed by atoms with Crippen molar-refractivity contribution in [3.05, 3.63) is 12.2 Å². The van der Waals surface area contributed by atoms with Crippen LogP contribution in [0.2, 0.25) is 0 Å². The lowest BCUT2D eigenvalue weighted by Crippen LogP contribution is -2.33. The third-order valence-electron chi connectivity index (χ3n) is 3.48. The van der Waals surface area contributed by atoms with Crippen molar-refractivity contribution < 1.29 is 4.79 Å². The largest absolute Gasteiger partial charge is 0.352 e. The summed E-state index contributed by atoms with van der Waals surface area (Å²) in [6.07, 6.45) is 4.88. The van der Waals surface area contributed by atoms with Crippen LogP contribution < -0.4 is 5.32 Å². The molecule has 2 saturated carbocycles. The van der Waals surface area contributed by atoms with E-state index in [0.717, 1.165) is 30.3 Å². The lowest BCUT2D eigenvalue weighted by atomic mass is 9.88. The fourth-order valence-electron chi connectivity index (χ4n) is 2.47. The highest BCUT2D eigenvalue weighted by molar-refractivity contribution is 5.79. The minimum Gasteiger partial charge on any atom is -0.352 e. The highest BCUT2D eigenvalue weighted by atomic mass is 16.1. The Kier molecular flexibility index (Phi) is 2.62. The third kappa shape index (κ3) is 2.17. The van der Waals surface area contributed by atoms with E-state index in [2.05, 4.69) is 11.9 Å². The Morgan fingerprint density at radius 3 is 2.79 bits per heavy atom. The molecule has 3 atom stereocenters. The van der Waals surface area contributed by atoms with Crippen molar-refractivity contribution >= 4 is 5.91 Å². The molecule has 2 rings (SSSR count). The standard InChI is InChI=1S/C12H19NO/c1-8(2)7-13-12(14)10-4-3-9-5-11(9)6-10/h9-11H,1,3-7H2,2H3,(H,13,14).